The van der Waals surface area contributed by atoms with Crippen LogP contribution in [0.5, 0.6) is 5.88 Å². The van der Waals surface area contributed by atoms with Crippen LogP contribution in [-0.2, 0) is 10.0 Å². The molecule has 0 aliphatic carbocycles. The van der Waals surface area contributed by atoms with Crippen LogP contribution in [0.4, 0.5) is 0 Å². The SMILES string of the molecule is CC(C)COc1ccc(C(=O)N2CCCN(S(=O)(=O)c3cnc[nH]3)CC2)cn1. The fourth-order valence-corrected chi connectivity index (χ4v) is 4.25. The Morgan fingerprint density at radius 2 is 2.04 bits per heavy atom. The van der Waals surface area contributed by atoms with Gasteiger partial charge in [0.1, 0.15) is 0 Å². The zero-order chi connectivity index (χ0) is 20.1. The van der Waals surface area contributed by atoms with Gasteiger partial charge < -0.3 is 14.6 Å². The Kier molecular flexibility index (Phi) is 6.30. The molecule has 1 aliphatic rings. The van der Waals surface area contributed by atoms with Crippen LogP contribution in [0, 0.1) is 5.92 Å². The molecular formula is C18H25N5O4S. The van der Waals surface area contributed by atoms with Gasteiger partial charge in [-0.05, 0) is 18.4 Å². The maximum atomic E-state index is 12.8. The second-order valence-corrected chi connectivity index (χ2v) is 8.96. The van der Waals surface area contributed by atoms with E-state index in [1.165, 1.54) is 23.0 Å². The summed E-state index contributed by atoms with van der Waals surface area (Å²) in [4.78, 5) is 25.0. The number of aromatic amines is 1. The summed E-state index contributed by atoms with van der Waals surface area (Å²) in [5.74, 6) is 0.711. The lowest BCUT2D eigenvalue weighted by molar-refractivity contribution is 0.0763. The van der Waals surface area contributed by atoms with Crippen molar-refractivity contribution in [1.82, 2.24) is 24.2 Å². The fraction of sp³-hybridized carbons (Fsp3) is 0.500. The predicted octanol–water partition coefficient (Wildman–Crippen LogP) is 1.38. The van der Waals surface area contributed by atoms with E-state index in [-0.39, 0.29) is 17.5 Å². The van der Waals surface area contributed by atoms with Gasteiger partial charge in [-0.3, -0.25) is 4.79 Å². The minimum atomic E-state index is -3.63. The van der Waals surface area contributed by atoms with E-state index >= 15 is 0 Å². The molecule has 2 aromatic rings. The van der Waals surface area contributed by atoms with Gasteiger partial charge in [0.05, 0.1) is 24.7 Å². The zero-order valence-electron chi connectivity index (χ0n) is 16.0. The molecule has 1 amide bonds. The average Bonchev–Trinajstić information content (AvgIpc) is 3.11. The number of nitrogens with one attached hydrogen (secondary N) is 1. The number of rotatable bonds is 6. The van der Waals surface area contributed by atoms with Gasteiger partial charge >= 0.3 is 0 Å². The first kappa shape index (κ1) is 20.3. The molecule has 3 rings (SSSR count). The van der Waals surface area contributed by atoms with Crippen molar-refractivity contribution in [3.63, 3.8) is 0 Å². The van der Waals surface area contributed by atoms with Crippen molar-refractivity contribution in [3.05, 3.63) is 36.4 Å². The quantitative estimate of drug-likeness (QED) is 0.775. The molecule has 0 bridgehead atoms. The molecule has 0 unspecified atom stereocenters. The van der Waals surface area contributed by atoms with E-state index in [1.54, 1.807) is 17.0 Å². The summed E-state index contributed by atoms with van der Waals surface area (Å²) in [6, 6.07) is 3.37. The monoisotopic (exact) mass is 407 g/mol. The molecule has 28 heavy (non-hydrogen) atoms. The highest BCUT2D eigenvalue weighted by molar-refractivity contribution is 7.89. The molecule has 0 saturated carbocycles. The molecule has 3 heterocycles. The Hall–Kier alpha value is -2.46. The number of hydrogen-bond donors (Lipinski definition) is 1. The topological polar surface area (TPSA) is 108 Å². The normalized spacial score (nSPS) is 16.2. The number of carbonyl (C=O) groups is 1. The Labute approximate surface area is 164 Å². The van der Waals surface area contributed by atoms with Crippen LogP contribution in [0.1, 0.15) is 30.6 Å². The predicted molar refractivity (Wildman–Crippen MR) is 102 cm³/mol. The third kappa shape index (κ3) is 4.68. The second-order valence-electron chi connectivity index (χ2n) is 7.06. The molecule has 1 saturated heterocycles. The number of sulfonamides is 1. The Morgan fingerprint density at radius 1 is 1.21 bits per heavy atom. The van der Waals surface area contributed by atoms with Crippen molar-refractivity contribution in [2.75, 3.05) is 32.8 Å². The molecule has 0 spiro atoms. The Balaban J connectivity index is 1.63. The minimum Gasteiger partial charge on any atom is -0.477 e. The van der Waals surface area contributed by atoms with E-state index in [2.05, 4.69) is 15.0 Å². The maximum Gasteiger partial charge on any atom is 0.260 e. The molecule has 152 valence electrons. The van der Waals surface area contributed by atoms with Crippen molar-refractivity contribution in [3.8, 4) is 5.88 Å². The number of imidazole rings is 1. The summed E-state index contributed by atoms with van der Waals surface area (Å²) in [5, 5.41) is 0.0634. The molecule has 0 aromatic carbocycles. The summed E-state index contributed by atoms with van der Waals surface area (Å²) >= 11 is 0. The average molecular weight is 407 g/mol. The van der Waals surface area contributed by atoms with E-state index in [4.69, 9.17) is 4.74 Å². The molecule has 9 nitrogen and oxygen atoms in total. The molecule has 0 radical (unpaired) electrons. The third-order valence-corrected chi connectivity index (χ3v) is 6.20. The van der Waals surface area contributed by atoms with Gasteiger partial charge in [0, 0.05) is 38.4 Å². The number of amides is 1. The van der Waals surface area contributed by atoms with Crippen LogP contribution in [0.25, 0.3) is 0 Å². The van der Waals surface area contributed by atoms with E-state index in [1.807, 2.05) is 13.8 Å². The number of aromatic nitrogens is 3. The second kappa shape index (κ2) is 8.70. The number of H-pyrrole nitrogens is 1. The fourth-order valence-electron chi connectivity index (χ4n) is 2.89. The molecule has 2 aromatic heterocycles. The lowest BCUT2D eigenvalue weighted by atomic mass is 10.2. The van der Waals surface area contributed by atoms with Crippen LogP contribution in [-0.4, -0.2) is 71.3 Å². The van der Waals surface area contributed by atoms with Crippen LogP contribution < -0.4 is 4.74 Å². The molecule has 1 N–H and O–H groups in total. The Morgan fingerprint density at radius 3 is 2.68 bits per heavy atom. The van der Waals surface area contributed by atoms with E-state index in [0.29, 0.717) is 50.0 Å². The lowest BCUT2D eigenvalue weighted by Crippen LogP contribution is -2.37. The van der Waals surface area contributed by atoms with Crippen molar-refractivity contribution in [2.45, 2.75) is 25.3 Å². The number of hydrogen-bond acceptors (Lipinski definition) is 6. The smallest absolute Gasteiger partial charge is 0.260 e. The first-order valence-electron chi connectivity index (χ1n) is 9.24. The number of pyridine rings is 1. The standard InChI is InChI=1S/C18H25N5O4S/c1-14(2)12-27-16-5-4-15(10-20-16)18(24)22-6-3-7-23(9-8-22)28(25,26)17-11-19-13-21-17/h4-5,10-11,13-14H,3,6-9,12H2,1-2H3,(H,19,21). The first-order valence-corrected chi connectivity index (χ1v) is 10.7. The minimum absolute atomic E-state index is 0.0634. The van der Waals surface area contributed by atoms with Crippen LogP contribution >= 0.6 is 0 Å². The summed E-state index contributed by atoms with van der Waals surface area (Å²) in [6.07, 6.45) is 4.68. The molecule has 0 atom stereocenters. The van der Waals surface area contributed by atoms with Crippen LogP contribution in [0.15, 0.2) is 35.9 Å². The summed E-state index contributed by atoms with van der Waals surface area (Å²) in [6.45, 7) is 6.05. The van der Waals surface area contributed by atoms with E-state index < -0.39 is 10.0 Å². The van der Waals surface area contributed by atoms with Crippen LogP contribution in [0.2, 0.25) is 0 Å². The van der Waals surface area contributed by atoms with Crippen molar-refractivity contribution >= 4 is 15.9 Å². The van der Waals surface area contributed by atoms with Gasteiger partial charge in [0.15, 0.2) is 5.03 Å². The van der Waals surface area contributed by atoms with Gasteiger partial charge in [-0.2, -0.15) is 4.31 Å². The van der Waals surface area contributed by atoms with E-state index in [0.717, 1.165) is 0 Å². The number of carbonyl (C=O) groups excluding carboxylic acids is 1. The molecule has 10 heteroatoms. The summed E-state index contributed by atoms with van der Waals surface area (Å²) in [7, 11) is -3.63. The van der Waals surface area contributed by atoms with Crippen LogP contribution in [0.3, 0.4) is 0 Å². The van der Waals surface area contributed by atoms with Gasteiger partial charge in [-0.1, -0.05) is 13.8 Å². The van der Waals surface area contributed by atoms with Gasteiger partial charge in [-0.15, -0.1) is 0 Å². The largest absolute Gasteiger partial charge is 0.477 e. The first-order chi connectivity index (χ1) is 13.4. The van der Waals surface area contributed by atoms with Gasteiger partial charge in [0.2, 0.25) is 5.88 Å². The maximum absolute atomic E-state index is 12.8. The highest BCUT2D eigenvalue weighted by Gasteiger charge is 2.29. The highest BCUT2D eigenvalue weighted by Crippen LogP contribution is 2.17. The van der Waals surface area contributed by atoms with Crippen molar-refractivity contribution < 1.29 is 17.9 Å². The summed E-state index contributed by atoms with van der Waals surface area (Å²) < 4.78 is 32.2. The van der Waals surface area contributed by atoms with E-state index in [9.17, 15) is 13.2 Å². The molecule has 1 aliphatic heterocycles. The van der Waals surface area contributed by atoms with Crippen molar-refractivity contribution in [2.24, 2.45) is 5.92 Å². The zero-order valence-corrected chi connectivity index (χ0v) is 16.9. The van der Waals surface area contributed by atoms with Gasteiger partial charge in [-0.25, -0.2) is 18.4 Å². The van der Waals surface area contributed by atoms with Crippen molar-refractivity contribution in [1.29, 1.82) is 0 Å². The third-order valence-electron chi connectivity index (χ3n) is 4.38. The summed E-state index contributed by atoms with van der Waals surface area (Å²) in [5.41, 5.74) is 0.460. The highest BCUT2D eigenvalue weighted by atomic mass is 32.2. The number of ether oxygens (including phenoxy) is 1. The molecule has 1 fully saturated rings. The Bertz CT molecular complexity index is 881. The van der Waals surface area contributed by atoms with Gasteiger partial charge in [0.25, 0.3) is 15.9 Å². The molecular weight excluding hydrogens is 382 g/mol. The lowest BCUT2D eigenvalue weighted by Gasteiger charge is -2.21. The number of nitrogens with zero attached hydrogens (tertiary/aromatic N) is 4.